The Morgan fingerprint density at radius 2 is 1.73 bits per heavy atom. The van der Waals surface area contributed by atoms with Crippen LogP contribution in [-0.2, 0) is 29.6 Å². The van der Waals surface area contributed by atoms with Crippen LogP contribution >= 0.6 is 0 Å². The molecule has 2 aliphatic carbocycles. The number of ether oxygens (including phenoxy) is 3. The molecule has 2 bridgehead atoms. The van der Waals surface area contributed by atoms with Crippen LogP contribution in [0.4, 0.5) is 0 Å². The van der Waals surface area contributed by atoms with Crippen molar-refractivity contribution in [1.82, 2.24) is 4.90 Å². The summed E-state index contributed by atoms with van der Waals surface area (Å²) in [6.07, 6.45) is 10.8. The van der Waals surface area contributed by atoms with Crippen LogP contribution in [0.15, 0.2) is 72.8 Å². The van der Waals surface area contributed by atoms with E-state index in [2.05, 4.69) is 61.2 Å². The summed E-state index contributed by atoms with van der Waals surface area (Å²) in [7, 11) is 4.06. The van der Waals surface area contributed by atoms with E-state index in [1.807, 2.05) is 36.4 Å². The van der Waals surface area contributed by atoms with Crippen molar-refractivity contribution in [3.63, 3.8) is 0 Å². The molecule has 1 N–H and O–H groups in total. The van der Waals surface area contributed by atoms with E-state index in [1.165, 1.54) is 11.1 Å². The normalized spacial score (nSPS) is 30.3. The minimum atomic E-state index is -0.492. The largest absolute Gasteiger partial charge is 0.485 e. The highest BCUT2D eigenvalue weighted by Gasteiger charge is 2.68. The van der Waals surface area contributed by atoms with Crippen molar-refractivity contribution in [2.24, 2.45) is 11.8 Å². The number of hydrogen-bond donors (Lipinski definition) is 1. The first kappa shape index (κ1) is 26.9. The predicted octanol–water partition coefficient (Wildman–Crippen LogP) is 5.03. The van der Waals surface area contributed by atoms with Gasteiger partial charge in [-0.25, -0.2) is 0 Å². The summed E-state index contributed by atoms with van der Waals surface area (Å²) in [6, 6.07) is 25.4. The SMILES string of the molecule is C#C.COC1C(C(O)Cc2ccccc2)CC2C3Cc4ccc(OCc5ccccc5)c5c4C2(CCN3C)[C@@H]1O5. The van der Waals surface area contributed by atoms with Crippen molar-refractivity contribution in [3.05, 3.63) is 95.1 Å². The molecule has 2 aliphatic heterocycles. The molecule has 208 valence electrons. The van der Waals surface area contributed by atoms with Gasteiger partial charge in [0.05, 0.1) is 6.10 Å². The first-order valence-corrected chi connectivity index (χ1v) is 14.4. The molecule has 7 atom stereocenters. The smallest absolute Gasteiger partial charge is 0.165 e. The second-order valence-corrected chi connectivity index (χ2v) is 11.7. The van der Waals surface area contributed by atoms with Crippen LogP contribution < -0.4 is 9.47 Å². The van der Waals surface area contributed by atoms with Gasteiger partial charge in [0.2, 0.25) is 0 Å². The molecular weight excluding hydrogens is 498 g/mol. The number of aliphatic hydroxyl groups excluding tert-OH is 1. The van der Waals surface area contributed by atoms with E-state index in [4.69, 9.17) is 14.2 Å². The molecular formula is C35H39NO4. The molecule has 4 aliphatic rings. The van der Waals surface area contributed by atoms with Gasteiger partial charge in [0, 0.05) is 30.0 Å². The predicted molar refractivity (Wildman–Crippen MR) is 156 cm³/mol. The van der Waals surface area contributed by atoms with Gasteiger partial charge in [-0.2, -0.15) is 0 Å². The van der Waals surface area contributed by atoms with Crippen molar-refractivity contribution in [2.45, 2.75) is 62.1 Å². The molecule has 2 fully saturated rings. The summed E-state index contributed by atoms with van der Waals surface area (Å²) in [5.41, 5.74) is 4.95. The minimum absolute atomic E-state index is 0.00174. The number of piperidine rings is 1. The van der Waals surface area contributed by atoms with Gasteiger partial charge in [-0.1, -0.05) is 66.7 Å². The lowest BCUT2D eigenvalue weighted by Gasteiger charge is -2.60. The highest BCUT2D eigenvalue weighted by atomic mass is 16.6. The monoisotopic (exact) mass is 537 g/mol. The van der Waals surface area contributed by atoms with Crippen LogP contribution in [0.2, 0.25) is 0 Å². The maximum atomic E-state index is 11.6. The van der Waals surface area contributed by atoms with Gasteiger partial charge in [0.25, 0.3) is 0 Å². The van der Waals surface area contributed by atoms with Crippen molar-refractivity contribution in [2.75, 3.05) is 20.7 Å². The zero-order valence-electron chi connectivity index (χ0n) is 23.4. The Labute approximate surface area is 238 Å². The minimum Gasteiger partial charge on any atom is -0.485 e. The Balaban J connectivity index is 0.00000142. The van der Waals surface area contributed by atoms with E-state index in [9.17, 15) is 5.11 Å². The maximum Gasteiger partial charge on any atom is 0.165 e. The zero-order valence-corrected chi connectivity index (χ0v) is 23.4. The fraction of sp³-hybridized carbons (Fsp3) is 0.429. The van der Waals surface area contributed by atoms with E-state index >= 15 is 0 Å². The van der Waals surface area contributed by atoms with Crippen molar-refractivity contribution in [1.29, 1.82) is 0 Å². The third kappa shape index (κ3) is 4.21. The van der Waals surface area contributed by atoms with Gasteiger partial charge >= 0.3 is 0 Å². The van der Waals surface area contributed by atoms with Crippen molar-refractivity contribution in [3.8, 4) is 24.3 Å². The number of nitrogens with zero attached hydrogens (tertiary/aromatic N) is 1. The number of hydrogen-bond acceptors (Lipinski definition) is 5. The van der Waals surface area contributed by atoms with Crippen LogP contribution in [-0.4, -0.2) is 55.1 Å². The van der Waals surface area contributed by atoms with E-state index in [0.29, 0.717) is 25.0 Å². The molecule has 3 aromatic carbocycles. The second-order valence-electron chi connectivity index (χ2n) is 11.7. The van der Waals surface area contributed by atoms with Crippen LogP contribution in [0.25, 0.3) is 0 Å². The van der Waals surface area contributed by atoms with Crippen LogP contribution in [0, 0.1) is 24.7 Å². The fourth-order valence-electron chi connectivity index (χ4n) is 8.24. The molecule has 0 aromatic heterocycles. The van der Waals surface area contributed by atoms with Crippen LogP contribution in [0.3, 0.4) is 0 Å². The first-order chi connectivity index (χ1) is 19.6. The molecule has 1 saturated carbocycles. The Morgan fingerprint density at radius 3 is 2.42 bits per heavy atom. The van der Waals surface area contributed by atoms with Crippen LogP contribution in [0.1, 0.15) is 35.1 Å². The summed E-state index contributed by atoms with van der Waals surface area (Å²) < 4.78 is 19.7. The molecule has 5 heteroatoms. The number of terminal acetylenes is 1. The van der Waals surface area contributed by atoms with Gasteiger partial charge < -0.3 is 24.2 Å². The molecule has 6 unspecified atom stereocenters. The van der Waals surface area contributed by atoms with E-state index in [0.717, 1.165) is 48.4 Å². The summed E-state index contributed by atoms with van der Waals surface area (Å²) in [5, 5.41) is 11.6. The lowest BCUT2D eigenvalue weighted by molar-refractivity contribution is -0.159. The molecule has 0 radical (unpaired) electrons. The first-order valence-electron chi connectivity index (χ1n) is 14.4. The molecule has 2 heterocycles. The molecule has 3 aromatic rings. The van der Waals surface area contributed by atoms with E-state index in [1.54, 1.807) is 7.11 Å². The number of methoxy groups -OCH3 is 1. The molecule has 5 nitrogen and oxygen atoms in total. The Morgan fingerprint density at radius 1 is 1.02 bits per heavy atom. The lowest BCUT2D eigenvalue weighted by atomic mass is 9.49. The van der Waals surface area contributed by atoms with Crippen molar-refractivity contribution >= 4 is 0 Å². The Bertz CT molecular complexity index is 1340. The number of aliphatic hydroxyl groups is 1. The zero-order chi connectivity index (χ0) is 27.9. The van der Waals surface area contributed by atoms with Crippen LogP contribution in [0.5, 0.6) is 11.5 Å². The highest BCUT2D eigenvalue weighted by molar-refractivity contribution is 5.61. The van der Waals surface area contributed by atoms with E-state index < -0.39 is 6.10 Å². The summed E-state index contributed by atoms with van der Waals surface area (Å²) in [6.45, 7) is 1.55. The molecule has 0 amide bonds. The van der Waals surface area contributed by atoms with Gasteiger partial charge in [-0.05, 0) is 68.0 Å². The third-order valence-electron chi connectivity index (χ3n) is 9.96. The number of benzene rings is 3. The Hall–Kier alpha value is -3.30. The van der Waals surface area contributed by atoms with Gasteiger partial charge in [0.15, 0.2) is 11.5 Å². The quantitative estimate of drug-likeness (QED) is 0.429. The third-order valence-corrected chi connectivity index (χ3v) is 9.96. The summed E-state index contributed by atoms with van der Waals surface area (Å²) in [5.74, 6) is 2.15. The highest BCUT2D eigenvalue weighted by Crippen LogP contribution is 2.65. The van der Waals surface area contributed by atoms with Crippen molar-refractivity contribution < 1.29 is 19.3 Å². The fourth-order valence-corrected chi connectivity index (χ4v) is 8.24. The Kier molecular flexibility index (Phi) is 7.35. The second kappa shape index (κ2) is 10.9. The maximum absolute atomic E-state index is 11.6. The molecule has 1 spiro atoms. The van der Waals surface area contributed by atoms with Gasteiger partial charge in [-0.15, -0.1) is 12.8 Å². The average Bonchev–Trinajstić information content (AvgIpc) is 3.35. The molecule has 40 heavy (non-hydrogen) atoms. The summed E-state index contributed by atoms with van der Waals surface area (Å²) in [4.78, 5) is 2.54. The summed E-state index contributed by atoms with van der Waals surface area (Å²) >= 11 is 0. The van der Waals surface area contributed by atoms with Gasteiger partial charge in [0.1, 0.15) is 18.8 Å². The number of likely N-dealkylation sites (tertiary alicyclic amines) is 1. The standard InChI is InChI=1S/C33H37NO4.C2H2/c1-34-16-15-33-25-19-24(27(35)17-21-9-5-3-6-10-21)30(36-2)32(33)38-31-28(37-20-22-11-7-4-8-12-22)14-13-23(29(31)33)18-26(25)34;1-2/h3-14,24-27,30,32,35H,15-20H2,1-2H3;1-2H/t24?,25?,26?,27?,30?,32-,33?;/m1./s1. The molecule has 1 saturated heterocycles. The lowest BCUT2D eigenvalue weighted by Crippen LogP contribution is -2.69. The topological polar surface area (TPSA) is 51.2 Å². The average molecular weight is 538 g/mol. The molecule has 7 rings (SSSR count). The van der Waals surface area contributed by atoms with Gasteiger partial charge in [-0.3, -0.25) is 0 Å². The number of likely N-dealkylation sites (N-methyl/N-ethyl adjacent to an activating group) is 1. The number of rotatable bonds is 7. The van der Waals surface area contributed by atoms with E-state index in [-0.39, 0.29) is 23.5 Å².